The third-order valence-electron chi connectivity index (χ3n) is 3.36. The average molecular weight is 467 g/mol. The number of amides is 2. The number of nitro benzene ring substituents is 1. The fourth-order valence-electron chi connectivity index (χ4n) is 2.06. The van der Waals surface area contributed by atoms with Gasteiger partial charge in [-0.1, -0.05) is 22.0 Å². The van der Waals surface area contributed by atoms with Crippen LogP contribution >= 0.6 is 28.1 Å². The van der Waals surface area contributed by atoms with E-state index in [1.807, 2.05) is 13.0 Å². The molecule has 3 N–H and O–H groups in total. The van der Waals surface area contributed by atoms with Crippen molar-refractivity contribution in [2.24, 2.45) is 0 Å². The van der Waals surface area contributed by atoms with Crippen LogP contribution in [0.2, 0.25) is 0 Å². The summed E-state index contributed by atoms with van der Waals surface area (Å²) >= 11 is 8.25. The monoisotopic (exact) mass is 466 g/mol. The van der Waals surface area contributed by atoms with Gasteiger partial charge >= 0.3 is 0 Å². The van der Waals surface area contributed by atoms with E-state index in [-0.39, 0.29) is 23.0 Å². The number of thiocarbonyl (C=S) groups is 1. The fraction of sp³-hybridized carbons (Fsp3) is 0.118. The number of nitrogens with zero attached hydrogens (tertiary/aromatic N) is 1. The quantitative estimate of drug-likeness (QED) is 0.351. The van der Waals surface area contributed by atoms with E-state index in [0.29, 0.717) is 5.75 Å². The zero-order chi connectivity index (χ0) is 20.7. The number of ether oxygens (including phenoxy) is 1. The van der Waals surface area contributed by atoms with Crippen molar-refractivity contribution < 1.29 is 19.2 Å². The van der Waals surface area contributed by atoms with Gasteiger partial charge in [-0.2, -0.15) is 0 Å². The molecule has 0 aliphatic rings. The molecule has 28 heavy (non-hydrogen) atoms. The Morgan fingerprint density at radius 1 is 1.21 bits per heavy atom. The number of carbonyl (C=O) groups excluding carboxylic acids is 2. The second kappa shape index (κ2) is 9.76. The largest absolute Gasteiger partial charge is 0.483 e. The van der Waals surface area contributed by atoms with Gasteiger partial charge in [0.25, 0.3) is 17.5 Å². The third kappa shape index (κ3) is 6.28. The van der Waals surface area contributed by atoms with Crippen LogP contribution in [-0.4, -0.2) is 28.5 Å². The van der Waals surface area contributed by atoms with Gasteiger partial charge in [-0.25, -0.2) is 0 Å². The molecule has 0 unspecified atom stereocenters. The number of rotatable bonds is 5. The van der Waals surface area contributed by atoms with E-state index in [1.54, 1.807) is 12.1 Å². The Balaban J connectivity index is 1.80. The van der Waals surface area contributed by atoms with Crippen molar-refractivity contribution >= 4 is 50.8 Å². The van der Waals surface area contributed by atoms with E-state index in [0.717, 1.165) is 16.1 Å². The third-order valence-corrected chi connectivity index (χ3v) is 4.05. The molecule has 2 amide bonds. The number of hydrogen-bond acceptors (Lipinski definition) is 6. The second-order valence-electron chi connectivity index (χ2n) is 5.46. The van der Waals surface area contributed by atoms with Crippen LogP contribution in [0.4, 0.5) is 5.69 Å². The van der Waals surface area contributed by atoms with Crippen LogP contribution in [0.15, 0.2) is 46.9 Å². The highest BCUT2D eigenvalue weighted by Crippen LogP contribution is 2.21. The molecule has 2 aromatic carbocycles. The van der Waals surface area contributed by atoms with Crippen LogP contribution in [0.25, 0.3) is 0 Å². The Labute approximate surface area is 173 Å². The molecule has 0 aliphatic heterocycles. The molecule has 0 aliphatic carbocycles. The summed E-state index contributed by atoms with van der Waals surface area (Å²) in [6.45, 7) is 1.57. The van der Waals surface area contributed by atoms with Gasteiger partial charge < -0.3 is 4.74 Å². The number of halogens is 1. The lowest BCUT2D eigenvalue weighted by molar-refractivity contribution is -0.384. The zero-order valence-corrected chi connectivity index (χ0v) is 16.9. The SMILES string of the molecule is Cc1cc(Br)ccc1OCC(=O)NC(=S)NNC(=O)c1cccc([N+](=O)[O-])c1. The maximum absolute atomic E-state index is 12.0. The van der Waals surface area contributed by atoms with E-state index >= 15 is 0 Å². The predicted octanol–water partition coefficient (Wildman–Crippen LogP) is 2.38. The van der Waals surface area contributed by atoms with Gasteiger partial charge in [0.1, 0.15) is 5.75 Å². The molecule has 2 rings (SSSR count). The number of non-ortho nitro benzene ring substituents is 1. The minimum absolute atomic E-state index is 0.0601. The Kier molecular flexibility index (Phi) is 7.41. The zero-order valence-electron chi connectivity index (χ0n) is 14.5. The molecule has 0 atom stereocenters. The molecule has 11 heteroatoms. The average Bonchev–Trinajstić information content (AvgIpc) is 2.65. The fourth-order valence-corrected chi connectivity index (χ4v) is 2.70. The van der Waals surface area contributed by atoms with E-state index in [9.17, 15) is 19.7 Å². The molecule has 0 heterocycles. The van der Waals surface area contributed by atoms with Gasteiger partial charge in [-0.3, -0.25) is 35.9 Å². The van der Waals surface area contributed by atoms with Gasteiger partial charge in [-0.15, -0.1) is 0 Å². The van der Waals surface area contributed by atoms with Crippen LogP contribution in [0.5, 0.6) is 5.75 Å². The maximum atomic E-state index is 12.0. The second-order valence-corrected chi connectivity index (χ2v) is 6.79. The summed E-state index contributed by atoms with van der Waals surface area (Å²) in [5.41, 5.74) is 5.29. The molecule has 0 radical (unpaired) electrons. The molecular weight excluding hydrogens is 452 g/mol. The minimum Gasteiger partial charge on any atom is -0.483 e. The van der Waals surface area contributed by atoms with Gasteiger partial charge in [0.2, 0.25) is 0 Å². The summed E-state index contributed by atoms with van der Waals surface area (Å²) in [5, 5.41) is 12.9. The molecule has 9 nitrogen and oxygen atoms in total. The van der Waals surface area contributed by atoms with Crippen molar-refractivity contribution in [1.82, 2.24) is 16.2 Å². The number of nitrogens with one attached hydrogen (secondary N) is 3. The van der Waals surface area contributed by atoms with Crippen LogP contribution in [0.3, 0.4) is 0 Å². The summed E-state index contributed by atoms with van der Waals surface area (Å²) in [6, 6.07) is 10.5. The first-order valence-electron chi connectivity index (χ1n) is 7.80. The van der Waals surface area contributed by atoms with Crippen LogP contribution < -0.4 is 20.9 Å². The Bertz CT molecular complexity index is 938. The van der Waals surface area contributed by atoms with E-state index < -0.39 is 16.7 Å². The van der Waals surface area contributed by atoms with Crippen molar-refractivity contribution in [2.75, 3.05) is 6.61 Å². The highest BCUT2D eigenvalue weighted by atomic mass is 79.9. The smallest absolute Gasteiger partial charge is 0.270 e. The minimum atomic E-state index is -0.651. The summed E-state index contributed by atoms with van der Waals surface area (Å²) in [5.74, 6) is -0.623. The first kappa shape index (κ1) is 21.3. The molecule has 0 saturated carbocycles. The van der Waals surface area contributed by atoms with Crippen LogP contribution in [0.1, 0.15) is 15.9 Å². The molecule has 146 valence electrons. The van der Waals surface area contributed by atoms with Crippen molar-refractivity contribution in [2.45, 2.75) is 6.92 Å². The highest BCUT2D eigenvalue weighted by molar-refractivity contribution is 9.10. The summed E-state index contributed by atoms with van der Waals surface area (Å²) in [7, 11) is 0. The topological polar surface area (TPSA) is 123 Å². The number of carbonyl (C=O) groups is 2. The number of hydrogen-bond donors (Lipinski definition) is 3. The molecular formula is C17H15BrN4O5S. The molecule has 2 aromatic rings. The maximum Gasteiger partial charge on any atom is 0.270 e. The van der Waals surface area contributed by atoms with Crippen molar-refractivity contribution in [3.8, 4) is 5.75 Å². The molecule has 0 spiro atoms. The van der Waals surface area contributed by atoms with Gasteiger partial charge in [0.05, 0.1) is 4.92 Å². The lowest BCUT2D eigenvalue weighted by Crippen LogP contribution is -2.49. The molecule has 0 bridgehead atoms. The van der Waals surface area contributed by atoms with Crippen LogP contribution in [-0.2, 0) is 4.79 Å². The molecule has 0 saturated heterocycles. The summed E-state index contributed by atoms with van der Waals surface area (Å²) < 4.78 is 6.31. The van der Waals surface area contributed by atoms with E-state index in [4.69, 9.17) is 17.0 Å². The first-order valence-corrected chi connectivity index (χ1v) is 9.00. The highest BCUT2D eigenvalue weighted by Gasteiger charge is 2.12. The van der Waals surface area contributed by atoms with Gasteiger partial charge in [0, 0.05) is 22.2 Å². The molecule has 0 aromatic heterocycles. The lowest BCUT2D eigenvalue weighted by atomic mass is 10.2. The van der Waals surface area contributed by atoms with Crippen molar-refractivity contribution in [1.29, 1.82) is 0 Å². The first-order chi connectivity index (χ1) is 13.3. The Morgan fingerprint density at radius 3 is 2.64 bits per heavy atom. The predicted molar refractivity (Wildman–Crippen MR) is 109 cm³/mol. The van der Waals surface area contributed by atoms with Gasteiger partial charge in [0.15, 0.2) is 11.7 Å². The van der Waals surface area contributed by atoms with E-state index in [2.05, 4.69) is 32.1 Å². The Hall–Kier alpha value is -3.05. The Morgan fingerprint density at radius 2 is 1.96 bits per heavy atom. The van der Waals surface area contributed by atoms with Crippen molar-refractivity contribution in [3.63, 3.8) is 0 Å². The number of nitro groups is 1. The normalized spacial score (nSPS) is 9.93. The van der Waals surface area contributed by atoms with Crippen molar-refractivity contribution in [3.05, 3.63) is 68.2 Å². The van der Waals surface area contributed by atoms with E-state index in [1.165, 1.54) is 18.2 Å². The van der Waals surface area contributed by atoms with Crippen LogP contribution in [0, 0.1) is 17.0 Å². The number of benzene rings is 2. The van der Waals surface area contributed by atoms with Gasteiger partial charge in [-0.05, 0) is 49.0 Å². The molecule has 0 fully saturated rings. The number of hydrazine groups is 1. The number of aryl methyl sites for hydroxylation is 1. The summed E-state index contributed by atoms with van der Waals surface area (Å²) in [4.78, 5) is 34.0. The standard InChI is InChI=1S/C17H15BrN4O5S/c1-10-7-12(18)5-6-14(10)27-9-15(23)19-17(28)21-20-16(24)11-3-2-4-13(8-11)22(25)26/h2-8H,9H2,1H3,(H,20,24)(H2,19,21,23,28). The summed E-state index contributed by atoms with van der Waals surface area (Å²) in [6.07, 6.45) is 0. The lowest BCUT2D eigenvalue weighted by Gasteiger charge is -2.12.